The maximum atomic E-state index is 12.1. The van der Waals surface area contributed by atoms with Crippen molar-refractivity contribution in [3.05, 3.63) is 24.3 Å². The Bertz CT molecular complexity index is 548. The van der Waals surface area contributed by atoms with E-state index in [1.165, 1.54) is 0 Å². The second-order valence-electron chi connectivity index (χ2n) is 4.82. The number of hydrogen-bond acceptors (Lipinski definition) is 5. The maximum Gasteiger partial charge on any atom is 0.238 e. The van der Waals surface area contributed by atoms with Gasteiger partial charge in [0.1, 0.15) is 0 Å². The van der Waals surface area contributed by atoms with E-state index in [1.807, 2.05) is 11.8 Å². The molecule has 6 heteroatoms. The molecule has 0 unspecified atom stereocenters. The van der Waals surface area contributed by atoms with Gasteiger partial charge in [-0.2, -0.15) is 4.98 Å². The van der Waals surface area contributed by atoms with E-state index in [0.717, 1.165) is 25.9 Å². The van der Waals surface area contributed by atoms with Crippen molar-refractivity contribution < 1.29 is 13.7 Å². The minimum atomic E-state index is 0.128. The van der Waals surface area contributed by atoms with Crippen LogP contribution in [0.5, 0.6) is 0 Å². The van der Waals surface area contributed by atoms with Gasteiger partial charge < -0.3 is 13.8 Å². The van der Waals surface area contributed by atoms with Gasteiger partial charge in [-0.1, -0.05) is 18.5 Å². The van der Waals surface area contributed by atoms with Gasteiger partial charge in [-0.25, -0.2) is 0 Å². The van der Waals surface area contributed by atoms with Gasteiger partial charge in [0.05, 0.1) is 6.26 Å². The molecular weight excluding hydrogens is 270 g/mol. The molecule has 2 aromatic rings. The molecule has 6 nitrogen and oxygen atoms in total. The summed E-state index contributed by atoms with van der Waals surface area (Å²) in [6.45, 7) is 5.66. The first kappa shape index (κ1) is 15.3. The Morgan fingerprint density at radius 3 is 2.90 bits per heavy atom. The molecule has 0 bridgehead atoms. The van der Waals surface area contributed by atoms with Crippen molar-refractivity contribution in [2.24, 2.45) is 0 Å². The smallest absolute Gasteiger partial charge is 0.238 e. The van der Waals surface area contributed by atoms with E-state index in [4.69, 9.17) is 8.94 Å². The Morgan fingerprint density at radius 1 is 1.38 bits per heavy atom. The summed E-state index contributed by atoms with van der Waals surface area (Å²) in [5, 5.41) is 3.85. The standard InChI is InChI=1S/C15H21N3O3/c1-3-5-10-18(4-2)14(19)9-8-13-16-15(17-21-13)12-7-6-11-20-12/h6-7,11H,3-5,8-10H2,1-2H3. The lowest BCUT2D eigenvalue weighted by molar-refractivity contribution is -0.131. The zero-order valence-electron chi connectivity index (χ0n) is 12.5. The van der Waals surface area contributed by atoms with Gasteiger partial charge in [0.25, 0.3) is 0 Å². The molecule has 0 aliphatic rings. The van der Waals surface area contributed by atoms with Crippen LogP contribution in [0.3, 0.4) is 0 Å². The van der Waals surface area contributed by atoms with Crippen molar-refractivity contribution in [1.82, 2.24) is 15.0 Å². The lowest BCUT2D eigenvalue weighted by Crippen LogP contribution is -2.31. The summed E-state index contributed by atoms with van der Waals surface area (Å²) in [6, 6.07) is 3.53. The summed E-state index contributed by atoms with van der Waals surface area (Å²) in [5.74, 6) is 1.57. The predicted octanol–water partition coefficient (Wildman–Crippen LogP) is 2.91. The molecule has 0 aliphatic carbocycles. The van der Waals surface area contributed by atoms with Crippen LogP contribution >= 0.6 is 0 Å². The highest BCUT2D eigenvalue weighted by molar-refractivity contribution is 5.76. The van der Waals surface area contributed by atoms with Crippen LogP contribution in [0.1, 0.15) is 39.0 Å². The number of nitrogens with zero attached hydrogens (tertiary/aromatic N) is 3. The maximum absolute atomic E-state index is 12.1. The quantitative estimate of drug-likeness (QED) is 0.747. The van der Waals surface area contributed by atoms with Gasteiger partial charge in [-0.15, -0.1) is 0 Å². The fraction of sp³-hybridized carbons (Fsp3) is 0.533. The first-order valence-electron chi connectivity index (χ1n) is 7.38. The molecule has 0 aromatic carbocycles. The van der Waals surface area contributed by atoms with Crippen LogP contribution in [-0.2, 0) is 11.2 Å². The van der Waals surface area contributed by atoms with Crippen LogP contribution in [0, 0.1) is 0 Å². The molecule has 0 radical (unpaired) electrons. The van der Waals surface area contributed by atoms with Crippen molar-refractivity contribution in [2.45, 2.75) is 39.5 Å². The number of unbranched alkanes of at least 4 members (excludes halogenated alkanes) is 1. The Hall–Kier alpha value is -2.11. The van der Waals surface area contributed by atoms with Crippen LogP contribution in [0.4, 0.5) is 0 Å². The number of carbonyl (C=O) groups is 1. The van der Waals surface area contributed by atoms with Gasteiger partial charge >= 0.3 is 0 Å². The van der Waals surface area contributed by atoms with Crippen molar-refractivity contribution in [3.63, 3.8) is 0 Å². The van der Waals surface area contributed by atoms with E-state index in [-0.39, 0.29) is 5.91 Å². The molecule has 2 heterocycles. The van der Waals surface area contributed by atoms with Gasteiger partial charge in [-0.05, 0) is 25.5 Å². The largest absolute Gasteiger partial charge is 0.461 e. The van der Waals surface area contributed by atoms with Crippen LogP contribution < -0.4 is 0 Å². The highest BCUT2D eigenvalue weighted by atomic mass is 16.5. The molecule has 0 N–H and O–H groups in total. The summed E-state index contributed by atoms with van der Waals surface area (Å²) in [7, 11) is 0. The summed E-state index contributed by atoms with van der Waals surface area (Å²) in [4.78, 5) is 18.2. The monoisotopic (exact) mass is 291 g/mol. The van der Waals surface area contributed by atoms with E-state index >= 15 is 0 Å². The third-order valence-corrected chi connectivity index (χ3v) is 3.28. The zero-order chi connectivity index (χ0) is 15.1. The number of aromatic nitrogens is 2. The molecule has 1 amide bonds. The molecule has 2 rings (SSSR count). The van der Waals surface area contributed by atoms with Gasteiger partial charge in [0, 0.05) is 25.9 Å². The molecule has 0 spiro atoms. The first-order chi connectivity index (χ1) is 10.2. The van der Waals surface area contributed by atoms with Crippen molar-refractivity contribution in [2.75, 3.05) is 13.1 Å². The van der Waals surface area contributed by atoms with E-state index in [0.29, 0.717) is 30.3 Å². The lowest BCUT2D eigenvalue weighted by atomic mass is 10.2. The summed E-state index contributed by atoms with van der Waals surface area (Å²) < 4.78 is 10.3. The molecule has 0 aliphatic heterocycles. The number of amides is 1. The minimum absolute atomic E-state index is 0.128. The van der Waals surface area contributed by atoms with Crippen LogP contribution in [0.15, 0.2) is 27.3 Å². The molecule has 2 aromatic heterocycles. The zero-order valence-corrected chi connectivity index (χ0v) is 12.5. The molecule has 0 fully saturated rings. The highest BCUT2D eigenvalue weighted by Gasteiger charge is 2.15. The van der Waals surface area contributed by atoms with E-state index in [9.17, 15) is 4.79 Å². The number of hydrogen-bond donors (Lipinski definition) is 0. The summed E-state index contributed by atoms with van der Waals surface area (Å²) in [5.41, 5.74) is 0. The molecular formula is C15H21N3O3. The predicted molar refractivity (Wildman–Crippen MR) is 77.5 cm³/mol. The average Bonchev–Trinajstić information content (AvgIpc) is 3.16. The summed E-state index contributed by atoms with van der Waals surface area (Å²) >= 11 is 0. The molecule has 0 atom stereocenters. The van der Waals surface area contributed by atoms with Crippen LogP contribution in [0.2, 0.25) is 0 Å². The SMILES string of the molecule is CCCCN(CC)C(=O)CCc1nc(-c2ccco2)no1. The van der Waals surface area contributed by atoms with Crippen molar-refractivity contribution in [3.8, 4) is 11.6 Å². The van der Waals surface area contributed by atoms with Gasteiger partial charge in [0.15, 0.2) is 5.76 Å². The molecule has 0 saturated heterocycles. The number of aryl methyl sites for hydroxylation is 1. The average molecular weight is 291 g/mol. The van der Waals surface area contributed by atoms with Crippen LogP contribution in [0.25, 0.3) is 11.6 Å². The Kier molecular flexibility index (Phi) is 5.54. The number of rotatable bonds is 8. The van der Waals surface area contributed by atoms with E-state index in [1.54, 1.807) is 18.4 Å². The number of carbonyl (C=O) groups excluding carboxylic acids is 1. The second kappa shape index (κ2) is 7.61. The third-order valence-electron chi connectivity index (χ3n) is 3.28. The lowest BCUT2D eigenvalue weighted by Gasteiger charge is -2.20. The van der Waals surface area contributed by atoms with E-state index in [2.05, 4.69) is 17.1 Å². The van der Waals surface area contributed by atoms with Crippen molar-refractivity contribution in [1.29, 1.82) is 0 Å². The minimum Gasteiger partial charge on any atom is -0.461 e. The van der Waals surface area contributed by atoms with Crippen molar-refractivity contribution >= 4 is 5.91 Å². The molecule has 0 saturated carbocycles. The fourth-order valence-electron chi connectivity index (χ4n) is 2.04. The Labute approximate surface area is 124 Å². The third kappa shape index (κ3) is 4.18. The molecule has 114 valence electrons. The summed E-state index contributed by atoms with van der Waals surface area (Å²) in [6.07, 6.45) is 4.51. The van der Waals surface area contributed by atoms with Gasteiger partial charge in [0.2, 0.25) is 17.6 Å². The normalized spacial score (nSPS) is 10.8. The highest BCUT2D eigenvalue weighted by Crippen LogP contribution is 2.16. The Balaban J connectivity index is 1.86. The first-order valence-corrected chi connectivity index (χ1v) is 7.38. The van der Waals surface area contributed by atoms with Crippen LogP contribution in [-0.4, -0.2) is 34.0 Å². The fourth-order valence-corrected chi connectivity index (χ4v) is 2.04. The second-order valence-corrected chi connectivity index (χ2v) is 4.82. The van der Waals surface area contributed by atoms with Gasteiger partial charge in [-0.3, -0.25) is 4.79 Å². The van der Waals surface area contributed by atoms with E-state index < -0.39 is 0 Å². The molecule has 21 heavy (non-hydrogen) atoms. The Morgan fingerprint density at radius 2 is 2.24 bits per heavy atom. The topological polar surface area (TPSA) is 72.4 Å². The number of furan rings is 1.